The van der Waals surface area contributed by atoms with Gasteiger partial charge in [-0.3, -0.25) is 9.97 Å². The third-order valence-electron chi connectivity index (χ3n) is 2.02. The lowest BCUT2D eigenvalue weighted by atomic mass is 10.1. The molecule has 0 aromatic carbocycles. The highest BCUT2D eigenvalue weighted by Gasteiger charge is 2.02. The fourth-order valence-corrected chi connectivity index (χ4v) is 1.27. The maximum Gasteiger partial charge on any atom is 0.0946 e. The molecule has 0 radical (unpaired) electrons. The van der Waals surface area contributed by atoms with E-state index in [1.165, 1.54) is 0 Å². The summed E-state index contributed by atoms with van der Waals surface area (Å²) < 4.78 is 0. The van der Waals surface area contributed by atoms with Crippen LogP contribution in [-0.2, 0) is 0 Å². The SMILES string of the molecule is Cc1ccc(-c2ncccc2N)cn1. The Labute approximate surface area is 82.6 Å². The molecule has 2 rings (SSSR count). The monoisotopic (exact) mass is 185 g/mol. The number of aromatic nitrogens is 2. The molecule has 0 spiro atoms. The minimum Gasteiger partial charge on any atom is -0.397 e. The smallest absolute Gasteiger partial charge is 0.0946 e. The van der Waals surface area contributed by atoms with Crippen molar-refractivity contribution in [3.8, 4) is 11.3 Å². The van der Waals surface area contributed by atoms with Gasteiger partial charge in [0, 0.05) is 23.7 Å². The number of hydrogen-bond acceptors (Lipinski definition) is 3. The Balaban J connectivity index is 2.50. The lowest BCUT2D eigenvalue weighted by molar-refractivity contribution is 1.19. The zero-order valence-corrected chi connectivity index (χ0v) is 7.94. The number of nitrogens with two attached hydrogens (primary N) is 1. The van der Waals surface area contributed by atoms with E-state index < -0.39 is 0 Å². The zero-order chi connectivity index (χ0) is 9.97. The number of pyridine rings is 2. The third kappa shape index (κ3) is 1.57. The second-order valence-corrected chi connectivity index (χ2v) is 3.13. The quantitative estimate of drug-likeness (QED) is 0.739. The molecule has 0 unspecified atom stereocenters. The Bertz CT molecular complexity index is 435. The van der Waals surface area contributed by atoms with Gasteiger partial charge in [0.15, 0.2) is 0 Å². The van der Waals surface area contributed by atoms with E-state index in [2.05, 4.69) is 9.97 Å². The Hall–Kier alpha value is -1.90. The van der Waals surface area contributed by atoms with Crippen LogP contribution in [0.4, 0.5) is 5.69 Å². The molecule has 3 nitrogen and oxygen atoms in total. The fraction of sp³-hybridized carbons (Fsp3) is 0.0909. The van der Waals surface area contributed by atoms with Crippen LogP contribution in [0.25, 0.3) is 11.3 Å². The van der Waals surface area contributed by atoms with Crippen molar-refractivity contribution in [1.29, 1.82) is 0 Å². The first-order valence-electron chi connectivity index (χ1n) is 4.41. The molecule has 2 heterocycles. The topological polar surface area (TPSA) is 51.8 Å². The van der Waals surface area contributed by atoms with Crippen LogP contribution >= 0.6 is 0 Å². The molecule has 0 aliphatic heterocycles. The molecule has 0 aliphatic carbocycles. The second-order valence-electron chi connectivity index (χ2n) is 3.13. The first-order valence-corrected chi connectivity index (χ1v) is 4.41. The van der Waals surface area contributed by atoms with Gasteiger partial charge in [0.25, 0.3) is 0 Å². The molecule has 2 aromatic rings. The number of aryl methyl sites for hydroxylation is 1. The summed E-state index contributed by atoms with van der Waals surface area (Å²) in [4.78, 5) is 8.41. The standard InChI is InChI=1S/C11H11N3/c1-8-4-5-9(7-14-8)11-10(12)3-2-6-13-11/h2-7H,12H2,1H3. The molecule has 0 saturated heterocycles. The normalized spacial score (nSPS) is 10.1. The third-order valence-corrected chi connectivity index (χ3v) is 2.02. The summed E-state index contributed by atoms with van der Waals surface area (Å²) in [6.07, 6.45) is 3.51. The van der Waals surface area contributed by atoms with Crippen molar-refractivity contribution >= 4 is 5.69 Å². The van der Waals surface area contributed by atoms with Crippen LogP contribution < -0.4 is 5.73 Å². The van der Waals surface area contributed by atoms with Crippen LogP contribution in [0.5, 0.6) is 0 Å². The summed E-state index contributed by atoms with van der Waals surface area (Å²) in [5.74, 6) is 0. The average molecular weight is 185 g/mol. The van der Waals surface area contributed by atoms with Gasteiger partial charge in [0.2, 0.25) is 0 Å². The van der Waals surface area contributed by atoms with E-state index in [0.717, 1.165) is 17.0 Å². The maximum absolute atomic E-state index is 5.80. The Kier molecular flexibility index (Phi) is 2.14. The number of hydrogen-bond donors (Lipinski definition) is 1. The molecule has 14 heavy (non-hydrogen) atoms. The molecule has 0 amide bonds. The maximum atomic E-state index is 5.80. The van der Waals surface area contributed by atoms with Crippen molar-refractivity contribution in [2.24, 2.45) is 0 Å². The van der Waals surface area contributed by atoms with Gasteiger partial charge in [-0.1, -0.05) is 0 Å². The van der Waals surface area contributed by atoms with Crippen molar-refractivity contribution in [1.82, 2.24) is 9.97 Å². The molecule has 0 saturated carbocycles. The van der Waals surface area contributed by atoms with E-state index in [4.69, 9.17) is 5.73 Å². The predicted octanol–water partition coefficient (Wildman–Crippen LogP) is 2.03. The first kappa shape index (κ1) is 8.69. The highest BCUT2D eigenvalue weighted by molar-refractivity contribution is 5.71. The number of nitrogen functional groups attached to an aromatic ring is 1. The average Bonchev–Trinajstić information content (AvgIpc) is 2.20. The summed E-state index contributed by atoms with van der Waals surface area (Å²) in [5, 5.41) is 0. The predicted molar refractivity (Wildman–Crippen MR) is 56.6 cm³/mol. The van der Waals surface area contributed by atoms with Gasteiger partial charge >= 0.3 is 0 Å². The van der Waals surface area contributed by atoms with E-state index in [1.54, 1.807) is 12.4 Å². The molecule has 3 heteroatoms. The second kappa shape index (κ2) is 3.46. The summed E-state index contributed by atoms with van der Waals surface area (Å²) in [6.45, 7) is 1.95. The summed E-state index contributed by atoms with van der Waals surface area (Å²) in [6, 6.07) is 7.58. The van der Waals surface area contributed by atoms with Crippen LogP contribution in [-0.4, -0.2) is 9.97 Å². The minimum absolute atomic E-state index is 0.679. The van der Waals surface area contributed by atoms with Crippen molar-refractivity contribution in [2.45, 2.75) is 6.92 Å². The summed E-state index contributed by atoms with van der Waals surface area (Å²) in [5.41, 5.74) is 9.21. The molecular weight excluding hydrogens is 174 g/mol. The van der Waals surface area contributed by atoms with Gasteiger partial charge < -0.3 is 5.73 Å². The molecular formula is C11H11N3. The molecule has 0 atom stereocenters. The van der Waals surface area contributed by atoms with Gasteiger partial charge in [0.1, 0.15) is 0 Å². The highest BCUT2D eigenvalue weighted by Crippen LogP contribution is 2.21. The van der Waals surface area contributed by atoms with Gasteiger partial charge in [-0.05, 0) is 31.2 Å². The Morgan fingerprint density at radius 3 is 2.64 bits per heavy atom. The van der Waals surface area contributed by atoms with Crippen LogP contribution in [0.1, 0.15) is 5.69 Å². The lowest BCUT2D eigenvalue weighted by Crippen LogP contribution is -1.93. The molecule has 0 bridgehead atoms. The molecule has 2 aromatic heterocycles. The Morgan fingerprint density at radius 2 is 2.00 bits per heavy atom. The lowest BCUT2D eigenvalue weighted by Gasteiger charge is -2.03. The van der Waals surface area contributed by atoms with Gasteiger partial charge in [-0.25, -0.2) is 0 Å². The number of anilines is 1. The van der Waals surface area contributed by atoms with Crippen LogP contribution in [0, 0.1) is 6.92 Å². The van der Waals surface area contributed by atoms with Crippen LogP contribution in [0.15, 0.2) is 36.7 Å². The zero-order valence-electron chi connectivity index (χ0n) is 7.94. The summed E-state index contributed by atoms with van der Waals surface area (Å²) in [7, 11) is 0. The van der Waals surface area contributed by atoms with Gasteiger partial charge in [0.05, 0.1) is 11.4 Å². The Morgan fingerprint density at radius 1 is 1.14 bits per heavy atom. The molecule has 0 fully saturated rings. The number of nitrogens with zero attached hydrogens (tertiary/aromatic N) is 2. The van der Waals surface area contributed by atoms with Crippen molar-refractivity contribution in [3.05, 3.63) is 42.4 Å². The van der Waals surface area contributed by atoms with E-state index in [0.29, 0.717) is 5.69 Å². The van der Waals surface area contributed by atoms with Crippen LogP contribution in [0.2, 0.25) is 0 Å². The minimum atomic E-state index is 0.679. The summed E-state index contributed by atoms with van der Waals surface area (Å²) >= 11 is 0. The largest absolute Gasteiger partial charge is 0.397 e. The number of rotatable bonds is 1. The first-order chi connectivity index (χ1) is 6.77. The van der Waals surface area contributed by atoms with E-state index in [1.807, 2.05) is 31.2 Å². The molecule has 2 N–H and O–H groups in total. The van der Waals surface area contributed by atoms with Gasteiger partial charge in [-0.2, -0.15) is 0 Å². The van der Waals surface area contributed by atoms with Crippen LogP contribution in [0.3, 0.4) is 0 Å². The van der Waals surface area contributed by atoms with E-state index >= 15 is 0 Å². The highest BCUT2D eigenvalue weighted by atomic mass is 14.7. The van der Waals surface area contributed by atoms with Gasteiger partial charge in [-0.15, -0.1) is 0 Å². The van der Waals surface area contributed by atoms with E-state index in [-0.39, 0.29) is 0 Å². The molecule has 0 aliphatic rings. The van der Waals surface area contributed by atoms with Crippen molar-refractivity contribution < 1.29 is 0 Å². The van der Waals surface area contributed by atoms with Crippen molar-refractivity contribution in [3.63, 3.8) is 0 Å². The molecule has 70 valence electrons. The fourth-order valence-electron chi connectivity index (χ4n) is 1.27. The van der Waals surface area contributed by atoms with Crippen molar-refractivity contribution in [2.75, 3.05) is 5.73 Å². The van der Waals surface area contributed by atoms with E-state index in [9.17, 15) is 0 Å².